The van der Waals surface area contributed by atoms with Crippen molar-refractivity contribution in [3.05, 3.63) is 22.3 Å². The van der Waals surface area contributed by atoms with E-state index in [9.17, 15) is 0 Å². The summed E-state index contributed by atoms with van der Waals surface area (Å²) in [6.45, 7) is 0. The van der Waals surface area contributed by atoms with Crippen molar-refractivity contribution >= 4 is 15.9 Å². The molecule has 1 rings (SSSR count). The number of pyridine rings is 1. The van der Waals surface area contributed by atoms with Crippen LogP contribution in [0.3, 0.4) is 0 Å². The third-order valence-corrected chi connectivity index (χ3v) is 2.25. The number of methoxy groups -OCH3 is 1. The van der Waals surface area contributed by atoms with E-state index in [1.807, 2.05) is 0 Å². The molecule has 0 amide bonds. The number of aromatic nitrogens is 1. The van der Waals surface area contributed by atoms with Crippen molar-refractivity contribution in [3.63, 3.8) is 0 Å². The van der Waals surface area contributed by atoms with Crippen LogP contribution in [0.15, 0.2) is 16.7 Å². The summed E-state index contributed by atoms with van der Waals surface area (Å²) in [5.74, 6) is 0.516. The van der Waals surface area contributed by atoms with Gasteiger partial charge in [0.15, 0.2) is 0 Å². The molecule has 0 saturated heterocycles. The molecule has 0 saturated carbocycles. The van der Waals surface area contributed by atoms with Crippen LogP contribution in [0.1, 0.15) is 5.56 Å². The lowest BCUT2D eigenvalue weighted by atomic mass is 10.2. The second kappa shape index (κ2) is 4.07. The summed E-state index contributed by atoms with van der Waals surface area (Å²) in [5, 5.41) is 8.48. The van der Waals surface area contributed by atoms with E-state index in [0.29, 0.717) is 12.3 Å². The molecule has 0 atom stereocenters. The predicted molar refractivity (Wildman–Crippen MR) is 47.8 cm³/mol. The molecule has 0 aromatic carbocycles. The first-order valence-corrected chi connectivity index (χ1v) is 4.13. The van der Waals surface area contributed by atoms with Gasteiger partial charge in [0.2, 0.25) is 5.88 Å². The minimum atomic E-state index is 0.361. The Morgan fingerprint density at radius 1 is 1.75 bits per heavy atom. The molecule has 0 unspecified atom stereocenters. The van der Waals surface area contributed by atoms with Crippen LogP contribution < -0.4 is 4.74 Å². The zero-order valence-electron chi connectivity index (χ0n) is 6.54. The van der Waals surface area contributed by atoms with Crippen molar-refractivity contribution in [2.75, 3.05) is 7.11 Å². The van der Waals surface area contributed by atoms with Crippen molar-refractivity contribution in [3.8, 4) is 11.9 Å². The van der Waals surface area contributed by atoms with E-state index in [2.05, 4.69) is 27.0 Å². The third kappa shape index (κ3) is 1.74. The second-order valence-electron chi connectivity index (χ2n) is 2.13. The molecule has 0 N–H and O–H groups in total. The molecular weight excluding hydrogens is 220 g/mol. The lowest BCUT2D eigenvalue weighted by Gasteiger charge is -2.03. The van der Waals surface area contributed by atoms with Gasteiger partial charge in [0, 0.05) is 6.20 Å². The number of hydrogen-bond donors (Lipinski definition) is 0. The zero-order valence-corrected chi connectivity index (χ0v) is 8.13. The van der Waals surface area contributed by atoms with Gasteiger partial charge in [-0.1, -0.05) is 0 Å². The fourth-order valence-corrected chi connectivity index (χ4v) is 1.36. The summed E-state index contributed by atoms with van der Waals surface area (Å²) in [6, 6.07) is 3.85. The lowest BCUT2D eigenvalue weighted by molar-refractivity contribution is 0.394. The number of nitrogens with zero attached hydrogens (tertiary/aromatic N) is 2. The van der Waals surface area contributed by atoms with E-state index >= 15 is 0 Å². The van der Waals surface area contributed by atoms with Gasteiger partial charge in [-0.25, -0.2) is 4.98 Å². The normalized spacial score (nSPS) is 9.08. The summed E-state index contributed by atoms with van der Waals surface area (Å²) in [7, 11) is 1.54. The minimum Gasteiger partial charge on any atom is -0.480 e. The first kappa shape index (κ1) is 9.01. The molecule has 0 radical (unpaired) electrons. The van der Waals surface area contributed by atoms with Gasteiger partial charge in [-0.2, -0.15) is 5.26 Å². The fraction of sp³-hybridized carbons (Fsp3) is 0.250. The Morgan fingerprint density at radius 2 is 2.50 bits per heavy atom. The number of ether oxygens (including phenoxy) is 1. The maximum atomic E-state index is 8.48. The Labute approximate surface area is 79.1 Å². The minimum absolute atomic E-state index is 0.361. The maximum absolute atomic E-state index is 8.48. The number of nitriles is 1. The van der Waals surface area contributed by atoms with Crippen molar-refractivity contribution in [2.45, 2.75) is 6.42 Å². The lowest BCUT2D eigenvalue weighted by Crippen LogP contribution is -1.92. The molecule has 4 heteroatoms. The zero-order chi connectivity index (χ0) is 8.97. The molecule has 0 fully saturated rings. The molecule has 1 aromatic heterocycles. The Morgan fingerprint density at radius 3 is 3.08 bits per heavy atom. The van der Waals surface area contributed by atoms with Gasteiger partial charge in [-0.15, -0.1) is 0 Å². The molecule has 0 aliphatic heterocycles. The number of halogens is 1. The monoisotopic (exact) mass is 226 g/mol. The Kier molecular flexibility index (Phi) is 3.06. The van der Waals surface area contributed by atoms with Crippen molar-refractivity contribution < 1.29 is 4.74 Å². The van der Waals surface area contributed by atoms with Gasteiger partial charge in [0.1, 0.15) is 0 Å². The van der Waals surface area contributed by atoms with E-state index in [4.69, 9.17) is 10.00 Å². The Hall–Kier alpha value is -1.08. The molecule has 0 bridgehead atoms. The predicted octanol–water partition coefficient (Wildman–Crippen LogP) is 1.92. The van der Waals surface area contributed by atoms with Crippen molar-refractivity contribution in [2.24, 2.45) is 0 Å². The Balaban J connectivity index is 3.07. The van der Waals surface area contributed by atoms with Crippen LogP contribution in [0.4, 0.5) is 0 Å². The summed E-state index contributed by atoms with van der Waals surface area (Å²) >= 11 is 3.30. The van der Waals surface area contributed by atoms with Crippen LogP contribution in [-0.2, 0) is 6.42 Å². The highest BCUT2D eigenvalue weighted by Crippen LogP contribution is 2.25. The highest BCUT2D eigenvalue weighted by Gasteiger charge is 2.05. The van der Waals surface area contributed by atoms with Gasteiger partial charge < -0.3 is 4.74 Å². The molecule has 3 nitrogen and oxygen atoms in total. The third-order valence-electron chi connectivity index (χ3n) is 1.40. The molecule has 0 aliphatic rings. The van der Waals surface area contributed by atoms with E-state index in [0.717, 1.165) is 10.0 Å². The second-order valence-corrected chi connectivity index (χ2v) is 2.92. The molecule has 62 valence electrons. The van der Waals surface area contributed by atoms with Crippen LogP contribution in [0, 0.1) is 11.3 Å². The average molecular weight is 227 g/mol. The summed E-state index contributed by atoms with van der Waals surface area (Å²) in [4.78, 5) is 3.96. The largest absolute Gasteiger partial charge is 0.480 e. The van der Waals surface area contributed by atoms with E-state index < -0.39 is 0 Å². The Bertz CT molecular complexity index is 319. The van der Waals surface area contributed by atoms with Crippen LogP contribution >= 0.6 is 15.9 Å². The first-order chi connectivity index (χ1) is 5.79. The summed E-state index contributed by atoms with van der Waals surface area (Å²) in [6.07, 6.45) is 1.98. The van der Waals surface area contributed by atoms with Crippen LogP contribution in [0.2, 0.25) is 0 Å². The van der Waals surface area contributed by atoms with E-state index in [1.54, 1.807) is 19.4 Å². The van der Waals surface area contributed by atoms with Gasteiger partial charge in [0.25, 0.3) is 0 Å². The van der Waals surface area contributed by atoms with Gasteiger partial charge in [0.05, 0.1) is 24.1 Å². The topological polar surface area (TPSA) is 45.9 Å². The highest BCUT2D eigenvalue weighted by atomic mass is 79.9. The maximum Gasteiger partial charge on any atom is 0.227 e. The van der Waals surface area contributed by atoms with E-state index in [-0.39, 0.29) is 0 Å². The average Bonchev–Trinajstić information content (AvgIpc) is 2.09. The molecule has 12 heavy (non-hydrogen) atoms. The SMILES string of the molecule is COc1nccc(CC#N)c1Br. The van der Waals surface area contributed by atoms with Crippen molar-refractivity contribution in [1.29, 1.82) is 5.26 Å². The smallest absolute Gasteiger partial charge is 0.227 e. The molecule has 0 spiro atoms. The molecule has 0 aliphatic carbocycles. The first-order valence-electron chi connectivity index (χ1n) is 3.34. The standard InChI is InChI=1S/C8H7BrN2O/c1-12-8-7(9)6(2-4-10)3-5-11-8/h3,5H,2H2,1H3. The quantitative estimate of drug-likeness (QED) is 0.775. The van der Waals surface area contributed by atoms with Crippen LogP contribution in [0.25, 0.3) is 0 Å². The summed E-state index contributed by atoms with van der Waals surface area (Å²) in [5.41, 5.74) is 0.893. The van der Waals surface area contributed by atoms with E-state index in [1.165, 1.54) is 0 Å². The van der Waals surface area contributed by atoms with Crippen molar-refractivity contribution in [1.82, 2.24) is 4.98 Å². The fourth-order valence-electron chi connectivity index (χ4n) is 0.826. The van der Waals surface area contributed by atoms with Crippen LogP contribution in [0.5, 0.6) is 5.88 Å². The van der Waals surface area contributed by atoms with Crippen LogP contribution in [-0.4, -0.2) is 12.1 Å². The molecular formula is C8H7BrN2O. The molecule has 1 aromatic rings. The van der Waals surface area contributed by atoms with Gasteiger partial charge >= 0.3 is 0 Å². The van der Waals surface area contributed by atoms with Gasteiger partial charge in [-0.3, -0.25) is 0 Å². The number of hydrogen-bond acceptors (Lipinski definition) is 3. The summed E-state index contributed by atoms with van der Waals surface area (Å²) < 4.78 is 5.72. The molecule has 1 heterocycles. The number of rotatable bonds is 2. The van der Waals surface area contributed by atoms with Gasteiger partial charge in [-0.05, 0) is 27.6 Å². The highest BCUT2D eigenvalue weighted by molar-refractivity contribution is 9.10.